The van der Waals surface area contributed by atoms with E-state index in [-0.39, 0.29) is 18.2 Å². The molecule has 0 amide bonds. The number of hydrogen-bond acceptors (Lipinski definition) is 8. The topological polar surface area (TPSA) is 103 Å². The van der Waals surface area contributed by atoms with E-state index in [1.165, 1.54) is 9.08 Å². The highest BCUT2D eigenvalue weighted by Gasteiger charge is 2.19. The van der Waals surface area contributed by atoms with Gasteiger partial charge in [-0.25, -0.2) is 18.6 Å². The SMILES string of the molecule is Nc1nc2c(cnn2CCN2CCN(S)CC2)c2nn(Cc3cccc(Cl)c3)c(=O)n12. The van der Waals surface area contributed by atoms with E-state index in [4.69, 9.17) is 17.3 Å². The highest BCUT2D eigenvalue weighted by Crippen LogP contribution is 2.19. The average molecular weight is 460 g/mol. The number of hydrogen-bond donors (Lipinski definition) is 2. The van der Waals surface area contributed by atoms with Crippen molar-refractivity contribution in [2.24, 2.45) is 0 Å². The van der Waals surface area contributed by atoms with Crippen LogP contribution in [0.4, 0.5) is 5.95 Å². The Hall–Kier alpha value is -2.60. The van der Waals surface area contributed by atoms with E-state index in [1.54, 1.807) is 18.3 Å². The van der Waals surface area contributed by atoms with Gasteiger partial charge in [-0.2, -0.15) is 10.1 Å². The number of nitrogens with two attached hydrogens (primary N) is 1. The van der Waals surface area contributed by atoms with Gasteiger partial charge >= 0.3 is 5.69 Å². The first-order valence-corrected chi connectivity index (χ1v) is 10.8. The van der Waals surface area contributed by atoms with E-state index in [1.807, 2.05) is 21.1 Å². The van der Waals surface area contributed by atoms with E-state index >= 15 is 0 Å². The molecule has 1 saturated heterocycles. The van der Waals surface area contributed by atoms with Gasteiger partial charge in [0.05, 0.1) is 24.7 Å². The summed E-state index contributed by atoms with van der Waals surface area (Å²) in [5, 5.41) is 10.3. The molecule has 1 aliphatic heterocycles. The van der Waals surface area contributed by atoms with Gasteiger partial charge in [-0.15, -0.1) is 5.10 Å². The van der Waals surface area contributed by atoms with Crippen LogP contribution in [0.2, 0.25) is 5.02 Å². The zero-order chi connectivity index (χ0) is 21.5. The maximum atomic E-state index is 12.9. The summed E-state index contributed by atoms with van der Waals surface area (Å²) in [6, 6.07) is 7.33. The predicted molar refractivity (Wildman–Crippen MR) is 123 cm³/mol. The first kappa shape index (κ1) is 20.3. The van der Waals surface area contributed by atoms with E-state index in [9.17, 15) is 4.79 Å². The van der Waals surface area contributed by atoms with E-state index in [0.717, 1.165) is 38.3 Å². The number of halogens is 1. The predicted octanol–water partition coefficient (Wildman–Crippen LogP) is 0.987. The molecule has 3 aromatic heterocycles. The first-order valence-electron chi connectivity index (χ1n) is 10.0. The molecule has 0 spiro atoms. The quantitative estimate of drug-likeness (QED) is 0.429. The Bertz CT molecular complexity index is 1310. The van der Waals surface area contributed by atoms with Crippen molar-refractivity contribution in [1.82, 2.24) is 38.2 Å². The van der Waals surface area contributed by atoms with Crippen molar-refractivity contribution in [3.05, 3.63) is 51.5 Å². The minimum Gasteiger partial charge on any atom is -0.369 e. The van der Waals surface area contributed by atoms with Crippen molar-refractivity contribution in [1.29, 1.82) is 0 Å². The zero-order valence-corrected chi connectivity index (χ0v) is 18.4. The maximum Gasteiger partial charge on any atom is 0.353 e. The lowest BCUT2D eigenvalue weighted by molar-refractivity contribution is 0.190. The summed E-state index contributed by atoms with van der Waals surface area (Å²) >= 11 is 10.5. The summed E-state index contributed by atoms with van der Waals surface area (Å²) < 4.78 is 6.53. The summed E-state index contributed by atoms with van der Waals surface area (Å²) in [5.41, 5.74) is 7.74. The highest BCUT2D eigenvalue weighted by molar-refractivity contribution is 7.77. The molecule has 4 aromatic rings. The van der Waals surface area contributed by atoms with Crippen molar-refractivity contribution in [2.45, 2.75) is 13.1 Å². The monoisotopic (exact) mass is 459 g/mol. The van der Waals surface area contributed by atoms with E-state index in [0.29, 0.717) is 28.2 Å². The largest absolute Gasteiger partial charge is 0.369 e. The maximum absolute atomic E-state index is 12.9. The summed E-state index contributed by atoms with van der Waals surface area (Å²) in [7, 11) is 0. The zero-order valence-electron chi connectivity index (χ0n) is 16.7. The molecule has 0 saturated carbocycles. The van der Waals surface area contributed by atoms with Gasteiger partial charge in [0.15, 0.2) is 11.3 Å². The summed E-state index contributed by atoms with van der Waals surface area (Å²) in [4.78, 5) is 19.7. The Balaban J connectivity index is 1.46. The lowest BCUT2D eigenvalue weighted by atomic mass is 10.2. The Morgan fingerprint density at radius 2 is 1.90 bits per heavy atom. The number of aromatic nitrogens is 6. The van der Waals surface area contributed by atoms with Crippen molar-refractivity contribution >= 4 is 47.0 Å². The number of thiol groups is 1. The molecule has 1 aliphatic rings. The number of rotatable bonds is 5. The standard InChI is InChI=1S/C19H22ClN9OS/c20-14-3-1-2-13(10-14)12-28-19(30)29-17(24-28)15-11-22-27(16(15)23-18(29)21)9-6-25-4-7-26(31)8-5-25/h1-3,10-11,31H,4-9,12H2,(H2,21,23). The lowest BCUT2D eigenvalue weighted by Gasteiger charge is -2.31. The van der Waals surface area contributed by atoms with Crippen molar-refractivity contribution in [2.75, 3.05) is 38.5 Å². The summed E-state index contributed by atoms with van der Waals surface area (Å²) in [6.07, 6.45) is 1.69. The molecule has 4 heterocycles. The number of nitrogen functional groups attached to an aromatic ring is 1. The molecule has 10 nitrogen and oxygen atoms in total. The Morgan fingerprint density at radius 3 is 2.68 bits per heavy atom. The van der Waals surface area contributed by atoms with Crippen LogP contribution in [0.1, 0.15) is 5.56 Å². The third-order valence-electron chi connectivity index (χ3n) is 5.54. The number of benzene rings is 1. The number of nitrogens with zero attached hydrogens (tertiary/aromatic N) is 8. The molecule has 0 bridgehead atoms. The highest BCUT2D eigenvalue weighted by atomic mass is 35.5. The van der Waals surface area contributed by atoms with Crippen molar-refractivity contribution in [3.63, 3.8) is 0 Å². The van der Waals surface area contributed by atoms with Crippen LogP contribution in [0.25, 0.3) is 16.7 Å². The smallest absolute Gasteiger partial charge is 0.353 e. The molecule has 1 aromatic carbocycles. The summed E-state index contributed by atoms with van der Waals surface area (Å²) in [6.45, 7) is 5.60. The fourth-order valence-corrected chi connectivity index (χ4v) is 4.27. The van der Waals surface area contributed by atoms with Crippen LogP contribution in [-0.2, 0) is 13.1 Å². The van der Waals surface area contributed by atoms with Crippen LogP contribution in [0.3, 0.4) is 0 Å². The van der Waals surface area contributed by atoms with Gasteiger partial charge in [0.1, 0.15) is 0 Å². The molecule has 2 N–H and O–H groups in total. The van der Waals surface area contributed by atoms with Gasteiger partial charge in [0.25, 0.3) is 0 Å². The normalized spacial score (nSPS) is 15.9. The molecule has 0 unspecified atom stereocenters. The Kier molecular flexibility index (Phi) is 5.34. The van der Waals surface area contributed by atoms with Gasteiger partial charge < -0.3 is 5.73 Å². The van der Waals surface area contributed by atoms with Crippen LogP contribution in [0.15, 0.2) is 35.3 Å². The molecule has 0 atom stereocenters. The number of anilines is 1. The third-order valence-corrected chi connectivity index (χ3v) is 6.17. The third kappa shape index (κ3) is 3.89. The van der Waals surface area contributed by atoms with Crippen LogP contribution in [-0.4, -0.2) is 70.9 Å². The number of fused-ring (bicyclic) bond motifs is 3. The van der Waals surface area contributed by atoms with Crippen molar-refractivity contribution in [3.8, 4) is 0 Å². The van der Waals surface area contributed by atoms with Crippen LogP contribution in [0, 0.1) is 0 Å². The van der Waals surface area contributed by atoms with Gasteiger partial charge in [-0.1, -0.05) is 36.5 Å². The number of piperazine rings is 1. The average Bonchev–Trinajstić information content (AvgIpc) is 3.29. The van der Waals surface area contributed by atoms with Crippen molar-refractivity contribution < 1.29 is 0 Å². The Labute approximate surface area is 188 Å². The molecule has 0 aliphatic carbocycles. The minimum absolute atomic E-state index is 0.0929. The molecule has 31 heavy (non-hydrogen) atoms. The molecular formula is C19H22ClN9OS. The summed E-state index contributed by atoms with van der Waals surface area (Å²) in [5.74, 6) is 0.0929. The van der Waals surface area contributed by atoms with Crippen LogP contribution >= 0.6 is 24.4 Å². The molecule has 0 radical (unpaired) electrons. The molecular weight excluding hydrogens is 438 g/mol. The molecule has 5 rings (SSSR count). The van der Waals surface area contributed by atoms with Crippen LogP contribution in [0.5, 0.6) is 0 Å². The van der Waals surface area contributed by atoms with Gasteiger partial charge in [0.2, 0.25) is 5.95 Å². The second-order valence-corrected chi connectivity index (χ2v) is 8.60. The fourth-order valence-electron chi connectivity index (χ4n) is 3.87. The van der Waals surface area contributed by atoms with Gasteiger partial charge in [0, 0.05) is 37.7 Å². The minimum atomic E-state index is -0.348. The van der Waals surface area contributed by atoms with Gasteiger partial charge in [-0.05, 0) is 17.7 Å². The lowest BCUT2D eigenvalue weighted by Crippen LogP contribution is -2.43. The van der Waals surface area contributed by atoms with E-state index < -0.39 is 0 Å². The first-order chi connectivity index (χ1) is 15.0. The van der Waals surface area contributed by atoms with Crippen LogP contribution < -0.4 is 11.4 Å². The van der Waals surface area contributed by atoms with E-state index in [2.05, 4.69) is 32.9 Å². The molecule has 12 heteroatoms. The second kappa shape index (κ2) is 8.15. The molecule has 1 fully saturated rings. The fraction of sp³-hybridized carbons (Fsp3) is 0.368. The Morgan fingerprint density at radius 1 is 1.10 bits per heavy atom. The molecule has 162 valence electrons. The second-order valence-electron chi connectivity index (χ2n) is 7.60. The van der Waals surface area contributed by atoms with Gasteiger partial charge in [-0.3, -0.25) is 9.21 Å².